The molecule has 2 aliphatic rings. The van der Waals surface area contributed by atoms with Crippen molar-refractivity contribution in [2.24, 2.45) is 5.41 Å². The lowest BCUT2D eigenvalue weighted by Gasteiger charge is -2.54. The summed E-state index contributed by atoms with van der Waals surface area (Å²) in [7, 11) is 0. The number of hydrogen-bond donors (Lipinski definition) is 1. The highest BCUT2D eigenvalue weighted by Gasteiger charge is 2.56. The van der Waals surface area contributed by atoms with Gasteiger partial charge in [-0.05, 0) is 38.3 Å². The first-order valence-corrected chi connectivity index (χ1v) is 7.49. The van der Waals surface area contributed by atoms with Gasteiger partial charge >= 0.3 is 0 Å². The average molecular weight is 281 g/mol. The van der Waals surface area contributed by atoms with Crippen LogP contribution in [0.15, 0.2) is 18.2 Å². The highest BCUT2D eigenvalue weighted by Crippen LogP contribution is 2.55. The first-order chi connectivity index (χ1) is 9.67. The molecule has 1 aromatic rings. The number of hydrogen-bond acceptors (Lipinski definition) is 2. The van der Waals surface area contributed by atoms with Crippen LogP contribution < -0.4 is 5.32 Å². The predicted molar refractivity (Wildman–Crippen MR) is 74.7 cm³/mol. The molecular formula is C16H21F2NO. The van der Waals surface area contributed by atoms with Gasteiger partial charge in [-0.3, -0.25) is 0 Å². The Hall–Kier alpha value is -1.16. The Balaban J connectivity index is 1.76. The molecule has 1 spiro atoms. The van der Waals surface area contributed by atoms with Gasteiger partial charge in [-0.25, -0.2) is 8.78 Å². The van der Waals surface area contributed by atoms with Gasteiger partial charge in [0.2, 0.25) is 0 Å². The van der Waals surface area contributed by atoms with E-state index in [0.717, 1.165) is 25.3 Å². The molecule has 110 valence electrons. The molecule has 0 aliphatic heterocycles. The third-order valence-corrected chi connectivity index (χ3v) is 4.97. The molecule has 1 N–H and O–H groups in total. The van der Waals surface area contributed by atoms with E-state index in [1.54, 1.807) is 12.1 Å². The number of rotatable bonds is 4. The van der Waals surface area contributed by atoms with E-state index in [1.807, 2.05) is 6.92 Å². The van der Waals surface area contributed by atoms with Gasteiger partial charge in [0.15, 0.2) is 11.6 Å². The summed E-state index contributed by atoms with van der Waals surface area (Å²) in [4.78, 5) is 0. The largest absolute Gasteiger partial charge is 0.379 e. The van der Waals surface area contributed by atoms with Gasteiger partial charge in [0.05, 0.1) is 11.8 Å². The SMILES string of the molecule is CCOC1CC(Nc2cccc(F)c2F)C12CCCC2. The number of anilines is 1. The Kier molecular flexibility index (Phi) is 3.67. The van der Waals surface area contributed by atoms with Crippen molar-refractivity contribution in [3.63, 3.8) is 0 Å². The Morgan fingerprint density at radius 3 is 2.75 bits per heavy atom. The highest BCUT2D eigenvalue weighted by molar-refractivity contribution is 5.47. The summed E-state index contributed by atoms with van der Waals surface area (Å²) in [6.45, 7) is 2.73. The summed E-state index contributed by atoms with van der Waals surface area (Å²) in [6, 6.07) is 4.49. The first-order valence-electron chi connectivity index (χ1n) is 7.49. The fourth-order valence-corrected chi connectivity index (χ4v) is 3.89. The van der Waals surface area contributed by atoms with Crippen LogP contribution in [0.5, 0.6) is 0 Å². The van der Waals surface area contributed by atoms with Gasteiger partial charge < -0.3 is 10.1 Å². The van der Waals surface area contributed by atoms with Crippen LogP contribution in [-0.2, 0) is 4.74 Å². The molecule has 2 nitrogen and oxygen atoms in total. The van der Waals surface area contributed by atoms with Gasteiger partial charge in [0, 0.05) is 18.1 Å². The smallest absolute Gasteiger partial charge is 0.181 e. The van der Waals surface area contributed by atoms with Crippen molar-refractivity contribution in [2.75, 3.05) is 11.9 Å². The van der Waals surface area contributed by atoms with Crippen molar-refractivity contribution >= 4 is 5.69 Å². The van der Waals surface area contributed by atoms with Crippen molar-refractivity contribution in [2.45, 2.75) is 51.2 Å². The molecule has 0 amide bonds. The lowest BCUT2D eigenvalue weighted by molar-refractivity contribution is -0.114. The van der Waals surface area contributed by atoms with E-state index in [1.165, 1.54) is 12.8 Å². The number of ether oxygens (including phenoxy) is 1. The maximum Gasteiger partial charge on any atom is 0.181 e. The van der Waals surface area contributed by atoms with Gasteiger partial charge in [-0.1, -0.05) is 18.9 Å². The number of nitrogens with one attached hydrogen (secondary N) is 1. The summed E-state index contributed by atoms with van der Waals surface area (Å²) in [5.41, 5.74) is 0.394. The van der Waals surface area contributed by atoms with E-state index < -0.39 is 11.6 Å². The zero-order valence-electron chi connectivity index (χ0n) is 11.8. The summed E-state index contributed by atoms with van der Waals surface area (Å²) in [6.07, 6.45) is 5.78. The van der Waals surface area contributed by atoms with Crippen LogP contribution in [0.4, 0.5) is 14.5 Å². The third-order valence-electron chi connectivity index (χ3n) is 4.97. The molecule has 4 heteroatoms. The highest BCUT2D eigenvalue weighted by atomic mass is 19.2. The predicted octanol–water partition coefficient (Wildman–Crippen LogP) is 4.11. The Morgan fingerprint density at radius 1 is 1.30 bits per heavy atom. The van der Waals surface area contributed by atoms with Gasteiger partial charge in [-0.2, -0.15) is 0 Å². The number of halogens is 2. The summed E-state index contributed by atoms with van der Waals surface area (Å²) >= 11 is 0. The van der Waals surface area contributed by atoms with Crippen LogP contribution in [0.2, 0.25) is 0 Å². The van der Waals surface area contributed by atoms with Crippen LogP contribution >= 0.6 is 0 Å². The summed E-state index contributed by atoms with van der Waals surface area (Å²) < 4.78 is 32.9. The van der Waals surface area contributed by atoms with Crippen LogP contribution in [0.25, 0.3) is 0 Å². The van der Waals surface area contributed by atoms with E-state index in [0.29, 0.717) is 6.61 Å². The maximum atomic E-state index is 13.8. The molecule has 0 saturated heterocycles. The second-order valence-corrected chi connectivity index (χ2v) is 5.92. The Morgan fingerprint density at radius 2 is 2.05 bits per heavy atom. The number of benzene rings is 1. The van der Waals surface area contributed by atoms with E-state index in [-0.39, 0.29) is 23.2 Å². The minimum atomic E-state index is -0.795. The van der Waals surface area contributed by atoms with E-state index in [9.17, 15) is 8.78 Å². The molecule has 2 saturated carbocycles. The lowest BCUT2D eigenvalue weighted by Crippen LogP contribution is -2.60. The lowest BCUT2D eigenvalue weighted by atomic mass is 9.60. The van der Waals surface area contributed by atoms with Crippen LogP contribution in [0, 0.1) is 17.0 Å². The molecule has 2 aliphatic carbocycles. The average Bonchev–Trinajstić information content (AvgIpc) is 2.95. The zero-order valence-corrected chi connectivity index (χ0v) is 11.8. The topological polar surface area (TPSA) is 21.3 Å². The molecule has 1 aromatic carbocycles. The standard InChI is InChI=1S/C16H21F2NO/c1-2-20-14-10-13(16(14)8-3-4-9-16)19-12-7-5-6-11(17)15(12)18/h5-7,13-14,19H,2-4,8-10H2,1H3. The monoisotopic (exact) mass is 281 g/mol. The van der Waals surface area contributed by atoms with Crippen LogP contribution in [0.3, 0.4) is 0 Å². The summed E-state index contributed by atoms with van der Waals surface area (Å²) in [5, 5.41) is 3.21. The Bertz CT molecular complexity index is 485. The van der Waals surface area contributed by atoms with Crippen LogP contribution in [0.1, 0.15) is 39.0 Å². The molecule has 2 unspecified atom stereocenters. The fourth-order valence-electron chi connectivity index (χ4n) is 3.89. The minimum absolute atomic E-state index is 0.120. The van der Waals surface area contributed by atoms with Crippen molar-refractivity contribution in [3.8, 4) is 0 Å². The third kappa shape index (κ3) is 2.10. The molecule has 0 radical (unpaired) electrons. The molecule has 3 rings (SSSR count). The molecule has 2 fully saturated rings. The zero-order chi connectivity index (χ0) is 14.2. The first kappa shape index (κ1) is 13.8. The van der Waals surface area contributed by atoms with Crippen molar-refractivity contribution in [1.82, 2.24) is 0 Å². The molecule has 0 aromatic heterocycles. The summed E-state index contributed by atoms with van der Waals surface area (Å²) in [5.74, 6) is -1.57. The van der Waals surface area contributed by atoms with E-state index in [2.05, 4.69) is 5.32 Å². The van der Waals surface area contributed by atoms with Gasteiger partial charge in [0.25, 0.3) is 0 Å². The quantitative estimate of drug-likeness (QED) is 0.896. The molecule has 2 atom stereocenters. The Labute approximate surface area is 118 Å². The molecule has 0 heterocycles. The maximum absolute atomic E-state index is 13.8. The molecule has 20 heavy (non-hydrogen) atoms. The fraction of sp³-hybridized carbons (Fsp3) is 0.625. The van der Waals surface area contributed by atoms with Crippen molar-refractivity contribution < 1.29 is 13.5 Å². The van der Waals surface area contributed by atoms with Gasteiger partial charge in [-0.15, -0.1) is 0 Å². The van der Waals surface area contributed by atoms with E-state index in [4.69, 9.17) is 4.74 Å². The van der Waals surface area contributed by atoms with Gasteiger partial charge in [0.1, 0.15) is 0 Å². The van der Waals surface area contributed by atoms with Crippen molar-refractivity contribution in [1.29, 1.82) is 0 Å². The van der Waals surface area contributed by atoms with Crippen molar-refractivity contribution in [3.05, 3.63) is 29.8 Å². The second kappa shape index (κ2) is 5.32. The second-order valence-electron chi connectivity index (χ2n) is 5.92. The molecular weight excluding hydrogens is 260 g/mol. The molecule has 0 bridgehead atoms. The van der Waals surface area contributed by atoms with Crippen LogP contribution in [-0.4, -0.2) is 18.8 Å². The minimum Gasteiger partial charge on any atom is -0.379 e. The normalized spacial score (nSPS) is 27.6. The van der Waals surface area contributed by atoms with E-state index >= 15 is 0 Å².